The number of rotatable bonds is 4. The van der Waals surface area contributed by atoms with E-state index in [-0.39, 0.29) is 17.9 Å². The van der Waals surface area contributed by atoms with E-state index in [1.807, 2.05) is 6.07 Å². The van der Waals surface area contributed by atoms with Crippen molar-refractivity contribution in [3.63, 3.8) is 0 Å². The van der Waals surface area contributed by atoms with Crippen LogP contribution in [0.25, 0.3) is 0 Å². The Balaban J connectivity index is 2.60. The minimum absolute atomic E-state index is 0.0836. The highest BCUT2D eigenvalue weighted by molar-refractivity contribution is 5.41. The van der Waals surface area contributed by atoms with E-state index in [0.717, 1.165) is 0 Å². The summed E-state index contributed by atoms with van der Waals surface area (Å²) in [7, 11) is 1.38. The fourth-order valence-electron chi connectivity index (χ4n) is 2.09. The first kappa shape index (κ1) is 13.5. The van der Waals surface area contributed by atoms with Crippen molar-refractivity contribution in [3.8, 4) is 5.75 Å². The van der Waals surface area contributed by atoms with Crippen LogP contribution in [-0.4, -0.2) is 18.8 Å². The second kappa shape index (κ2) is 5.38. The van der Waals surface area contributed by atoms with Crippen LogP contribution in [0.2, 0.25) is 0 Å². The third kappa shape index (κ3) is 2.32. The molecule has 0 amide bonds. The third-order valence-electron chi connectivity index (χ3n) is 3.18. The lowest BCUT2D eigenvalue weighted by Gasteiger charge is -2.28. The molecule has 0 aromatic heterocycles. The van der Waals surface area contributed by atoms with Crippen LogP contribution in [0, 0.1) is 5.82 Å². The van der Waals surface area contributed by atoms with Gasteiger partial charge >= 0.3 is 0 Å². The van der Waals surface area contributed by atoms with Gasteiger partial charge in [0.1, 0.15) is 5.60 Å². The predicted octanol–water partition coefficient (Wildman–Crippen LogP) is 2.03. The van der Waals surface area contributed by atoms with Gasteiger partial charge in [0.25, 0.3) is 0 Å². The van der Waals surface area contributed by atoms with Crippen LogP contribution in [0.5, 0.6) is 5.75 Å². The molecule has 2 aromatic rings. The number of aliphatic hydroxyl groups is 1. The Morgan fingerprint density at radius 3 is 2.42 bits per heavy atom. The molecule has 3 nitrogen and oxygen atoms in total. The Morgan fingerprint density at radius 2 is 1.84 bits per heavy atom. The van der Waals surface area contributed by atoms with Gasteiger partial charge in [-0.15, -0.1) is 0 Å². The third-order valence-corrected chi connectivity index (χ3v) is 3.18. The largest absolute Gasteiger partial charge is 0.494 e. The Morgan fingerprint density at radius 1 is 1.16 bits per heavy atom. The summed E-state index contributed by atoms with van der Waals surface area (Å²) in [5.41, 5.74) is 4.76. The summed E-state index contributed by atoms with van der Waals surface area (Å²) in [6.07, 6.45) is 0. The van der Waals surface area contributed by atoms with Crippen LogP contribution in [0.4, 0.5) is 4.39 Å². The van der Waals surface area contributed by atoms with Crippen LogP contribution in [-0.2, 0) is 5.60 Å². The lowest BCUT2D eigenvalue weighted by atomic mass is 9.86. The maximum absolute atomic E-state index is 14.3. The van der Waals surface area contributed by atoms with E-state index in [2.05, 4.69) is 0 Å². The number of methoxy groups -OCH3 is 1. The average Bonchev–Trinajstić information content (AvgIpc) is 2.47. The fourth-order valence-corrected chi connectivity index (χ4v) is 2.09. The van der Waals surface area contributed by atoms with E-state index in [0.29, 0.717) is 5.56 Å². The molecule has 0 heterocycles. The molecule has 0 bridgehead atoms. The van der Waals surface area contributed by atoms with Crippen LogP contribution >= 0.6 is 0 Å². The Bertz CT molecular complexity index is 559. The van der Waals surface area contributed by atoms with Crippen molar-refractivity contribution in [3.05, 3.63) is 65.5 Å². The highest BCUT2D eigenvalue weighted by Gasteiger charge is 2.33. The summed E-state index contributed by atoms with van der Waals surface area (Å²) < 4.78 is 19.2. The van der Waals surface area contributed by atoms with Gasteiger partial charge in [-0.05, 0) is 11.6 Å². The van der Waals surface area contributed by atoms with Crippen LogP contribution in [0.3, 0.4) is 0 Å². The van der Waals surface area contributed by atoms with Crippen LogP contribution in [0.15, 0.2) is 48.5 Å². The number of ether oxygens (including phenoxy) is 1. The van der Waals surface area contributed by atoms with E-state index in [1.54, 1.807) is 30.3 Å². The highest BCUT2D eigenvalue weighted by Crippen LogP contribution is 2.33. The second-order valence-electron chi connectivity index (χ2n) is 4.25. The van der Waals surface area contributed by atoms with Gasteiger partial charge in [0.05, 0.1) is 7.11 Å². The molecule has 0 spiro atoms. The molecule has 1 unspecified atom stereocenters. The maximum Gasteiger partial charge on any atom is 0.171 e. The summed E-state index contributed by atoms with van der Waals surface area (Å²) in [4.78, 5) is 0. The molecule has 2 aromatic carbocycles. The molecule has 0 saturated carbocycles. The van der Waals surface area contributed by atoms with E-state index in [4.69, 9.17) is 10.5 Å². The van der Waals surface area contributed by atoms with Crippen LogP contribution < -0.4 is 10.5 Å². The molecule has 19 heavy (non-hydrogen) atoms. The molecular formula is C15H16FNO2. The maximum atomic E-state index is 14.3. The number of benzene rings is 2. The normalized spacial score (nSPS) is 13.9. The zero-order chi connectivity index (χ0) is 13.9. The van der Waals surface area contributed by atoms with E-state index < -0.39 is 11.4 Å². The average molecular weight is 261 g/mol. The zero-order valence-corrected chi connectivity index (χ0v) is 10.6. The van der Waals surface area contributed by atoms with E-state index >= 15 is 0 Å². The van der Waals surface area contributed by atoms with Gasteiger partial charge in [0.15, 0.2) is 11.6 Å². The van der Waals surface area contributed by atoms with Gasteiger partial charge in [-0.2, -0.15) is 0 Å². The first-order valence-corrected chi connectivity index (χ1v) is 5.94. The summed E-state index contributed by atoms with van der Waals surface area (Å²) in [5.74, 6) is -0.512. The van der Waals surface area contributed by atoms with E-state index in [1.165, 1.54) is 19.2 Å². The second-order valence-corrected chi connectivity index (χ2v) is 4.25. The molecule has 3 N–H and O–H groups in total. The highest BCUT2D eigenvalue weighted by atomic mass is 19.1. The summed E-state index contributed by atoms with van der Waals surface area (Å²) in [5, 5.41) is 10.7. The summed E-state index contributed by atoms with van der Waals surface area (Å²) in [6, 6.07) is 13.4. The van der Waals surface area contributed by atoms with Gasteiger partial charge in [-0.25, -0.2) is 4.39 Å². The standard InChI is InChI=1S/C15H16FNO2/c1-19-13-9-5-8-12(14(13)16)15(18,10-17)11-6-3-2-4-7-11/h2-9,18H,10,17H2,1H3. The molecule has 0 aliphatic carbocycles. The predicted molar refractivity (Wildman–Crippen MR) is 71.4 cm³/mol. The number of hydrogen-bond donors (Lipinski definition) is 2. The van der Waals surface area contributed by atoms with E-state index in [9.17, 15) is 9.50 Å². The Labute approximate surface area is 111 Å². The quantitative estimate of drug-likeness (QED) is 0.885. The lowest BCUT2D eigenvalue weighted by molar-refractivity contribution is 0.0855. The summed E-state index contributed by atoms with van der Waals surface area (Å²) in [6.45, 7) is -0.124. The molecule has 0 aliphatic rings. The van der Waals surface area contributed by atoms with Gasteiger partial charge in [-0.1, -0.05) is 42.5 Å². The number of hydrogen-bond acceptors (Lipinski definition) is 3. The van der Waals surface area contributed by atoms with Crippen molar-refractivity contribution < 1.29 is 14.2 Å². The SMILES string of the molecule is COc1cccc(C(O)(CN)c2ccccc2)c1F. The van der Waals surface area contributed by atoms with Crippen molar-refractivity contribution >= 4 is 0 Å². The van der Waals surface area contributed by atoms with Gasteiger partial charge in [0, 0.05) is 12.1 Å². The van der Waals surface area contributed by atoms with Crippen LogP contribution in [0.1, 0.15) is 11.1 Å². The molecular weight excluding hydrogens is 245 g/mol. The Hall–Kier alpha value is -1.91. The molecule has 0 radical (unpaired) electrons. The molecule has 100 valence electrons. The van der Waals surface area contributed by atoms with Crippen molar-refractivity contribution in [2.75, 3.05) is 13.7 Å². The van der Waals surface area contributed by atoms with Gasteiger partial charge in [-0.3, -0.25) is 0 Å². The number of halogens is 1. The monoisotopic (exact) mass is 261 g/mol. The minimum atomic E-state index is -1.57. The van der Waals surface area contributed by atoms with Crippen molar-refractivity contribution in [1.29, 1.82) is 0 Å². The number of nitrogens with two attached hydrogens (primary N) is 1. The molecule has 4 heteroatoms. The molecule has 0 fully saturated rings. The first-order chi connectivity index (χ1) is 9.13. The molecule has 0 saturated heterocycles. The molecule has 2 rings (SSSR count). The Kier molecular flexibility index (Phi) is 3.83. The molecule has 0 aliphatic heterocycles. The van der Waals surface area contributed by atoms with Gasteiger partial charge < -0.3 is 15.6 Å². The smallest absolute Gasteiger partial charge is 0.171 e. The van der Waals surface area contributed by atoms with Gasteiger partial charge in [0.2, 0.25) is 0 Å². The topological polar surface area (TPSA) is 55.5 Å². The lowest BCUT2D eigenvalue weighted by Crippen LogP contribution is -2.37. The molecule has 1 atom stereocenters. The van der Waals surface area contributed by atoms with Crippen molar-refractivity contribution in [2.24, 2.45) is 5.73 Å². The minimum Gasteiger partial charge on any atom is -0.494 e. The van der Waals surface area contributed by atoms with Crippen molar-refractivity contribution in [1.82, 2.24) is 0 Å². The fraction of sp³-hybridized carbons (Fsp3) is 0.200. The first-order valence-electron chi connectivity index (χ1n) is 5.94. The summed E-state index contributed by atoms with van der Waals surface area (Å²) >= 11 is 0. The zero-order valence-electron chi connectivity index (χ0n) is 10.6. The van der Waals surface area contributed by atoms with Crippen molar-refractivity contribution in [2.45, 2.75) is 5.60 Å².